The third kappa shape index (κ3) is 1.01. The lowest BCUT2D eigenvalue weighted by atomic mass is 9.83. The minimum atomic E-state index is 0.665. The van der Waals surface area contributed by atoms with Gasteiger partial charge in [0.05, 0.1) is 5.69 Å². The molecule has 1 saturated carbocycles. The van der Waals surface area contributed by atoms with Gasteiger partial charge < -0.3 is 10.3 Å². The van der Waals surface area contributed by atoms with Gasteiger partial charge in [-0.15, -0.1) is 0 Å². The average molecular weight is 195 g/mol. The third-order valence-corrected chi connectivity index (χ3v) is 3.99. The molecule has 1 aliphatic carbocycles. The molecule has 4 heteroatoms. The Bertz CT molecular complexity index is 341. The summed E-state index contributed by atoms with van der Waals surface area (Å²) in [5, 5.41) is 1.14. The quantitative estimate of drug-likeness (QED) is 0.743. The first kappa shape index (κ1) is 7.74. The molecule has 0 bridgehead atoms. The van der Waals surface area contributed by atoms with Crippen LogP contribution in [0.15, 0.2) is 5.16 Å². The van der Waals surface area contributed by atoms with E-state index in [4.69, 9.17) is 5.73 Å². The number of fused-ring (bicyclic) bond motifs is 1. The number of rotatable bonds is 1. The largest absolute Gasteiger partial charge is 0.384 e. The highest BCUT2D eigenvalue weighted by Crippen LogP contribution is 2.41. The van der Waals surface area contributed by atoms with Crippen molar-refractivity contribution in [1.29, 1.82) is 0 Å². The number of thioether (sulfide) groups is 1. The smallest absolute Gasteiger partial charge is 0.169 e. The van der Waals surface area contributed by atoms with Crippen LogP contribution in [0.5, 0.6) is 0 Å². The minimum absolute atomic E-state index is 0.665. The molecule has 1 aliphatic heterocycles. The van der Waals surface area contributed by atoms with Crippen molar-refractivity contribution in [2.75, 3.05) is 11.5 Å². The van der Waals surface area contributed by atoms with Crippen LogP contribution in [0.25, 0.3) is 0 Å². The van der Waals surface area contributed by atoms with Crippen LogP contribution in [0.3, 0.4) is 0 Å². The summed E-state index contributed by atoms with van der Waals surface area (Å²) in [5.41, 5.74) is 7.23. The van der Waals surface area contributed by atoms with Crippen LogP contribution in [0, 0.1) is 0 Å². The van der Waals surface area contributed by atoms with Gasteiger partial charge in [-0.3, -0.25) is 0 Å². The number of hydrogen-bond donors (Lipinski definition) is 1. The van der Waals surface area contributed by atoms with E-state index in [1.165, 1.54) is 25.0 Å². The van der Waals surface area contributed by atoms with Crippen molar-refractivity contribution in [2.45, 2.75) is 36.9 Å². The first-order valence-corrected chi connectivity index (χ1v) is 5.83. The summed E-state index contributed by atoms with van der Waals surface area (Å²) in [6.45, 7) is 1.05. The van der Waals surface area contributed by atoms with Crippen molar-refractivity contribution in [1.82, 2.24) is 9.55 Å². The highest BCUT2D eigenvalue weighted by molar-refractivity contribution is 7.99. The summed E-state index contributed by atoms with van der Waals surface area (Å²) in [5.74, 6) is 2.74. The molecule has 0 aromatic carbocycles. The van der Waals surface area contributed by atoms with E-state index < -0.39 is 0 Å². The van der Waals surface area contributed by atoms with Crippen molar-refractivity contribution in [3.63, 3.8) is 0 Å². The maximum absolute atomic E-state index is 6.05. The van der Waals surface area contributed by atoms with Gasteiger partial charge in [-0.2, -0.15) is 0 Å². The summed E-state index contributed by atoms with van der Waals surface area (Å²) in [6, 6.07) is 0. The lowest BCUT2D eigenvalue weighted by Gasteiger charge is -2.24. The van der Waals surface area contributed by atoms with E-state index in [0.717, 1.165) is 23.3 Å². The topological polar surface area (TPSA) is 43.8 Å². The molecule has 0 atom stereocenters. The number of aromatic nitrogens is 2. The Labute approximate surface area is 81.7 Å². The van der Waals surface area contributed by atoms with Crippen LogP contribution in [0.1, 0.15) is 30.9 Å². The highest BCUT2D eigenvalue weighted by Gasteiger charge is 2.28. The first-order chi connectivity index (χ1) is 6.36. The molecule has 1 aromatic rings. The van der Waals surface area contributed by atoms with Gasteiger partial charge >= 0.3 is 0 Å². The van der Waals surface area contributed by atoms with Gasteiger partial charge in [0.15, 0.2) is 5.16 Å². The Morgan fingerprint density at radius 3 is 2.92 bits per heavy atom. The Kier molecular flexibility index (Phi) is 1.59. The van der Waals surface area contributed by atoms with Gasteiger partial charge in [0, 0.05) is 18.2 Å². The SMILES string of the molecule is Nc1c(C2CCC2)nc2n1CCS2. The zero-order valence-corrected chi connectivity index (χ0v) is 8.31. The minimum Gasteiger partial charge on any atom is -0.384 e. The van der Waals surface area contributed by atoms with Gasteiger partial charge in [-0.05, 0) is 12.8 Å². The second-order valence-corrected chi connectivity index (χ2v) is 4.85. The molecule has 2 heterocycles. The molecule has 0 radical (unpaired) electrons. The summed E-state index contributed by atoms with van der Waals surface area (Å²) < 4.78 is 2.16. The van der Waals surface area contributed by atoms with Crippen LogP contribution >= 0.6 is 11.8 Å². The Morgan fingerprint density at radius 2 is 2.31 bits per heavy atom. The molecule has 2 aliphatic rings. The Balaban J connectivity index is 2.01. The fraction of sp³-hybridized carbons (Fsp3) is 0.667. The monoisotopic (exact) mass is 195 g/mol. The fourth-order valence-corrected chi connectivity index (χ4v) is 2.96. The van der Waals surface area contributed by atoms with Crippen LogP contribution in [0.2, 0.25) is 0 Å². The van der Waals surface area contributed by atoms with Crippen LogP contribution in [0.4, 0.5) is 5.82 Å². The van der Waals surface area contributed by atoms with Crippen molar-refractivity contribution in [3.05, 3.63) is 5.69 Å². The molecule has 2 N–H and O–H groups in total. The maximum Gasteiger partial charge on any atom is 0.169 e. The number of imidazole rings is 1. The van der Waals surface area contributed by atoms with Gasteiger partial charge in [-0.25, -0.2) is 4.98 Å². The van der Waals surface area contributed by atoms with E-state index in [2.05, 4.69) is 9.55 Å². The normalized spacial score (nSPS) is 21.5. The average Bonchev–Trinajstić information content (AvgIpc) is 2.54. The van der Waals surface area contributed by atoms with Gasteiger partial charge in [0.1, 0.15) is 5.82 Å². The zero-order valence-electron chi connectivity index (χ0n) is 7.49. The van der Waals surface area contributed by atoms with Crippen LogP contribution < -0.4 is 5.73 Å². The summed E-state index contributed by atoms with van der Waals surface area (Å²) in [4.78, 5) is 4.61. The maximum atomic E-state index is 6.05. The molecule has 3 nitrogen and oxygen atoms in total. The van der Waals surface area contributed by atoms with E-state index >= 15 is 0 Å². The Morgan fingerprint density at radius 1 is 1.46 bits per heavy atom. The molecular formula is C9H13N3S. The second kappa shape index (κ2) is 2.67. The Hall–Kier alpha value is -0.640. The summed E-state index contributed by atoms with van der Waals surface area (Å²) >= 11 is 1.83. The standard InChI is InChI=1S/C9H13N3S/c10-8-7(6-2-1-3-6)11-9-12(8)4-5-13-9/h6H,1-5,10H2. The van der Waals surface area contributed by atoms with Crippen LogP contribution in [-0.4, -0.2) is 15.3 Å². The number of nitrogen functional groups attached to an aromatic ring is 1. The van der Waals surface area contributed by atoms with Gasteiger partial charge in [0.25, 0.3) is 0 Å². The molecule has 70 valence electrons. The molecule has 0 spiro atoms. The van der Waals surface area contributed by atoms with Crippen molar-refractivity contribution >= 4 is 17.6 Å². The van der Waals surface area contributed by atoms with Gasteiger partial charge in [0.2, 0.25) is 0 Å². The van der Waals surface area contributed by atoms with E-state index in [9.17, 15) is 0 Å². The summed E-state index contributed by atoms with van der Waals surface area (Å²) in [7, 11) is 0. The molecule has 0 unspecified atom stereocenters. The first-order valence-electron chi connectivity index (χ1n) is 4.85. The lowest BCUT2D eigenvalue weighted by molar-refractivity contribution is 0.412. The van der Waals surface area contributed by atoms with E-state index in [0.29, 0.717) is 5.92 Å². The second-order valence-electron chi connectivity index (χ2n) is 3.79. The number of anilines is 1. The summed E-state index contributed by atoms with van der Waals surface area (Å²) in [6.07, 6.45) is 3.91. The zero-order chi connectivity index (χ0) is 8.84. The molecule has 3 rings (SSSR count). The fourth-order valence-electron chi connectivity index (χ4n) is 2.00. The van der Waals surface area contributed by atoms with E-state index in [-0.39, 0.29) is 0 Å². The van der Waals surface area contributed by atoms with Crippen LogP contribution in [-0.2, 0) is 6.54 Å². The number of nitrogens with two attached hydrogens (primary N) is 1. The van der Waals surface area contributed by atoms with E-state index in [1.807, 2.05) is 11.8 Å². The molecule has 13 heavy (non-hydrogen) atoms. The lowest BCUT2D eigenvalue weighted by Crippen LogP contribution is -2.12. The predicted octanol–water partition coefficient (Wildman–Crippen LogP) is 1.84. The van der Waals surface area contributed by atoms with Crippen molar-refractivity contribution in [2.24, 2.45) is 0 Å². The molecular weight excluding hydrogens is 182 g/mol. The van der Waals surface area contributed by atoms with Gasteiger partial charge in [-0.1, -0.05) is 18.2 Å². The third-order valence-electron chi connectivity index (χ3n) is 3.04. The van der Waals surface area contributed by atoms with E-state index in [1.54, 1.807) is 0 Å². The predicted molar refractivity (Wildman–Crippen MR) is 54.0 cm³/mol. The van der Waals surface area contributed by atoms with Crippen molar-refractivity contribution in [3.8, 4) is 0 Å². The number of nitrogens with zero attached hydrogens (tertiary/aromatic N) is 2. The molecule has 0 saturated heterocycles. The highest BCUT2D eigenvalue weighted by atomic mass is 32.2. The molecule has 0 amide bonds. The molecule has 1 fully saturated rings. The van der Waals surface area contributed by atoms with Crippen molar-refractivity contribution < 1.29 is 0 Å². The molecule has 1 aromatic heterocycles. The number of hydrogen-bond acceptors (Lipinski definition) is 3.